The summed E-state index contributed by atoms with van der Waals surface area (Å²) >= 11 is 0. The van der Waals surface area contributed by atoms with Gasteiger partial charge in [0.15, 0.2) is 0 Å². The van der Waals surface area contributed by atoms with E-state index in [9.17, 15) is 9.59 Å². The molecule has 0 spiro atoms. The van der Waals surface area contributed by atoms with Crippen molar-refractivity contribution in [2.24, 2.45) is 0 Å². The van der Waals surface area contributed by atoms with Gasteiger partial charge in [-0.25, -0.2) is 9.59 Å². The lowest BCUT2D eigenvalue weighted by Crippen LogP contribution is -2.24. The molecule has 0 N–H and O–H groups in total. The second-order valence-corrected chi connectivity index (χ2v) is 5.13. The third-order valence-corrected chi connectivity index (χ3v) is 2.54. The summed E-state index contributed by atoms with van der Waals surface area (Å²) in [5, 5.41) is 4.41. The van der Waals surface area contributed by atoms with E-state index >= 15 is 0 Å². The van der Waals surface area contributed by atoms with E-state index in [2.05, 4.69) is 9.93 Å². The highest BCUT2D eigenvalue weighted by molar-refractivity contribution is 5.92. The maximum Gasteiger partial charge on any atom is 0.369 e. The zero-order valence-corrected chi connectivity index (χ0v) is 12.9. The molecule has 0 atom stereocenters. The van der Waals surface area contributed by atoms with Gasteiger partial charge in [0.2, 0.25) is 0 Å². The second-order valence-electron chi connectivity index (χ2n) is 5.13. The number of carbonyl (C=O) groups is 2. The van der Waals surface area contributed by atoms with Crippen LogP contribution in [0.15, 0.2) is 42.5 Å². The maximum atomic E-state index is 11.4. The van der Waals surface area contributed by atoms with Gasteiger partial charge in [-0.1, -0.05) is 31.5 Å². The lowest BCUT2D eigenvalue weighted by atomic mass is 10.0. The van der Waals surface area contributed by atoms with E-state index in [0.29, 0.717) is 5.75 Å². The van der Waals surface area contributed by atoms with Gasteiger partial charge in [-0.05, 0) is 37.4 Å². The number of hydrogen-bond acceptors (Lipinski definition) is 6. The standard InChI is InChI=1S/C16H20O6/c1-4-12-16(2,3)21-22-20-15(18)11-10-14(17)19-13-8-6-5-7-9-13/h5-11H,4,12H2,1-3H3. The Hall–Kier alpha value is -2.18. The van der Waals surface area contributed by atoms with Gasteiger partial charge in [-0.15, -0.1) is 0 Å². The minimum absolute atomic E-state index is 0.381. The first kappa shape index (κ1) is 17.9. The number of rotatable bonds is 8. The molecule has 0 aromatic heterocycles. The summed E-state index contributed by atoms with van der Waals surface area (Å²) < 4.78 is 4.95. The van der Waals surface area contributed by atoms with Gasteiger partial charge in [0.1, 0.15) is 11.4 Å². The van der Waals surface area contributed by atoms with Crippen molar-refractivity contribution in [1.82, 2.24) is 0 Å². The molecule has 0 aliphatic carbocycles. The molecular formula is C16H20O6. The van der Waals surface area contributed by atoms with Crippen molar-refractivity contribution in [2.75, 3.05) is 0 Å². The first-order valence-corrected chi connectivity index (χ1v) is 6.94. The van der Waals surface area contributed by atoms with Gasteiger partial charge in [0.25, 0.3) is 0 Å². The van der Waals surface area contributed by atoms with Crippen LogP contribution in [-0.4, -0.2) is 17.5 Å². The molecule has 0 saturated carbocycles. The molecule has 1 aromatic carbocycles. The van der Waals surface area contributed by atoms with Crippen LogP contribution in [-0.2, 0) is 24.4 Å². The van der Waals surface area contributed by atoms with Crippen LogP contribution in [0.25, 0.3) is 0 Å². The summed E-state index contributed by atoms with van der Waals surface area (Å²) in [5.41, 5.74) is -0.564. The predicted octanol–water partition coefficient (Wildman–Crippen LogP) is 3.13. The van der Waals surface area contributed by atoms with E-state index in [0.717, 1.165) is 25.0 Å². The van der Waals surface area contributed by atoms with Crippen molar-refractivity contribution in [1.29, 1.82) is 0 Å². The van der Waals surface area contributed by atoms with Crippen molar-refractivity contribution >= 4 is 11.9 Å². The Kier molecular flexibility index (Phi) is 7.28. The van der Waals surface area contributed by atoms with Crippen molar-refractivity contribution < 1.29 is 29.1 Å². The Morgan fingerprint density at radius 1 is 1.09 bits per heavy atom. The second kappa shape index (κ2) is 8.96. The Morgan fingerprint density at radius 2 is 1.73 bits per heavy atom. The Bertz CT molecular complexity index is 507. The number of ether oxygens (including phenoxy) is 1. The van der Waals surface area contributed by atoms with Crippen molar-refractivity contribution in [2.45, 2.75) is 39.2 Å². The van der Waals surface area contributed by atoms with E-state index in [1.165, 1.54) is 0 Å². The largest absolute Gasteiger partial charge is 0.423 e. The highest BCUT2D eigenvalue weighted by Gasteiger charge is 2.19. The number of benzene rings is 1. The van der Waals surface area contributed by atoms with E-state index < -0.39 is 17.5 Å². The molecule has 0 heterocycles. The van der Waals surface area contributed by atoms with Crippen LogP contribution in [0.4, 0.5) is 0 Å². The van der Waals surface area contributed by atoms with Gasteiger partial charge < -0.3 is 4.74 Å². The summed E-state index contributed by atoms with van der Waals surface area (Å²) in [7, 11) is 0. The fraction of sp³-hybridized carbons (Fsp3) is 0.375. The number of hydrogen-bond donors (Lipinski definition) is 0. The molecule has 0 amide bonds. The molecule has 0 aliphatic rings. The molecule has 0 unspecified atom stereocenters. The maximum absolute atomic E-state index is 11.4. The molecule has 0 aliphatic heterocycles. The molecule has 0 bridgehead atoms. The van der Waals surface area contributed by atoms with Crippen molar-refractivity contribution in [3.05, 3.63) is 42.5 Å². The number of para-hydroxylation sites is 1. The van der Waals surface area contributed by atoms with E-state index in [1.807, 2.05) is 6.92 Å². The molecule has 6 nitrogen and oxygen atoms in total. The van der Waals surface area contributed by atoms with Crippen LogP contribution >= 0.6 is 0 Å². The summed E-state index contributed by atoms with van der Waals surface area (Å²) in [6.07, 6.45) is 3.47. The van der Waals surface area contributed by atoms with Gasteiger partial charge >= 0.3 is 11.9 Å². The van der Waals surface area contributed by atoms with E-state index in [4.69, 9.17) is 9.62 Å². The van der Waals surface area contributed by atoms with Gasteiger partial charge in [-0.2, -0.15) is 4.89 Å². The summed E-state index contributed by atoms with van der Waals surface area (Å²) in [5.74, 6) is -1.20. The average Bonchev–Trinajstić information content (AvgIpc) is 2.46. The van der Waals surface area contributed by atoms with E-state index in [-0.39, 0.29) is 0 Å². The van der Waals surface area contributed by atoms with Crippen LogP contribution in [0.3, 0.4) is 0 Å². The third kappa shape index (κ3) is 7.56. The highest BCUT2D eigenvalue weighted by Crippen LogP contribution is 2.16. The van der Waals surface area contributed by atoms with Crippen molar-refractivity contribution in [3.8, 4) is 5.75 Å². The van der Waals surface area contributed by atoms with Gasteiger partial charge in [0, 0.05) is 12.2 Å². The van der Waals surface area contributed by atoms with Crippen LogP contribution in [0, 0.1) is 0 Å². The zero-order chi connectivity index (χ0) is 16.4. The molecule has 120 valence electrons. The lowest BCUT2D eigenvalue weighted by molar-refractivity contribution is -0.515. The van der Waals surface area contributed by atoms with Crippen LogP contribution in [0.5, 0.6) is 5.75 Å². The summed E-state index contributed by atoms with van der Waals surface area (Å²) in [6, 6.07) is 8.49. The minimum Gasteiger partial charge on any atom is -0.423 e. The SMILES string of the molecule is CCCC(C)(C)OOOC(=O)C=CC(=O)Oc1ccccc1. The van der Waals surface area contributed by atoms with Crippen LogP contribution in [0.2, 0.25) is 0 Å². The zero-order valence-electron chi connectivity index (χ0n) is 12.9. The minimum atomic E-state index is -0.877. The van der Waals surface area contributed by atoms with E-state index in [1.54, 1.807) is 44.2 Å². The first-order chi connectivity index (χ1) is 10.4. The van der Waals surface area contributed by atoms with Crippen LogP contribution < -0.4 is 4.74 Å². The predicted molar refractivity (Wildman–Crippen MR) is 78.5 cm³/mol. The third-order valence-electron chi connectivity index (χ3n) is 2.54. The molecule has 0 fully saturated rings. The highest BCUT2D eigenvalue weighted by atomic mass is 17.5. The molecule has 0 radical (unpaired) electrons. The number of esters is 1. The Morgan fingerprint density at radius 3 is 2.36 bits per heavy atom. The Balaban J connectivity index is 2.31. The fourth-order valence-corrected chi connectivity index (χ4v) is 1.59. The molecule has 22 heavy (non-hydrogen) atoms. The smallest absolute Gasteiger partial charge is 0.369 e. The van der Waals surface area contributed by atoms with Crippen molar-refractivity contribution in [3.63, 3.8) is 0 Å². The molecule has 0 saturated heterocycles. The first-order valence-electron chi connectivity index (χ1n) is 6.94. The molecule has 6 heteroatoms. The quantitative estimate of drug-likeness (QED) is 0.241. The molecule has 1 rings (SSSR count). The Labute approximate surface area is 129 Å². The summed E-state index contributed by atoms with van der Waals surface area (Å²) in [4.78, 5) is 32.1. The molecular weight excluding hydrogens is 288 g/mol. The topological polar surface area (TPSA) is 71.1 Å². The monoisotopic (exact) mass is 308 g/mol. The van der Waals surface area contributed by atoms with Crippen LogP contribution in [0.1, 0.15) is 33.6 Å². The van der Waals surface area contributed by atoms with Gasteiger partial charge in [0.05, 0.1) is 0 Å². The number of carbonyl (C=O) groups excluding carboxylic acids is 2. The molecule has 1 aromatic rings. The van der Waals surface area contributed by atoms with Gasteiger partial charge in [-0.3, -0.25) is 4.89 Å². The fourth-order valence-electron chi connectivity index (χ4n) is 1.59. The lowest BCUT2D eigenvalue weighted by Gasteiger charge is -2.20. The normalized spacial score (nSPS) is 11.4. The summed E-state index contributed by atoms with van der Waals surface area (Å²) in [6.45, 7) is 5.60. The average molecular weight is 308 g/mol.